The lowest BCUT2D eigenvalue weighted by molar-refractivity contribution is 0.0799. The van der Waals surface area contributed by atoms with Crippen LogP contribution in [0.1, 0.15) is 19.4 Å². The summed E-state index contributed by atoms with van der Waals surface area (Å²) in [6, 6.07) is 3.42. The predicted octanol–water partition coefficient (Wildman–Crippen LogP) is 0.873. The molecule has 0 spiro atoms. The molecule has 116 valence electrons. The summed E-state index contributed by atoms with van der Waals surface area (Å²) in [5.74, 6) is 3.95. The first-order chi connectivity index (χ1) is 9.90. The number of aliphatic hydroxyl groups is 1. The van der Waals surface area contributed by atoms with Crippen LogP contribution < -0.4 is 4.72 Å². The number of aliphatic hydroxyl groups excluding tert-OH is 1. The van der Waals surface area contributed by atoms with E-state index in [1.165, 1.54) is 12.1 Å². The summed E-state index contributed by atoms with van der Waals surface area (Å²) in [6.07, 6.45) is -0.274. The largest absolute Gasteiger partial charge is 0.384 e. The summed E-state index contributed by atoms with van der Waals surface area (Å²) in [6.45, 7) is 3.74. The lowest BCUT2D eigenvalue weighted by Gasteiger charge is -2.13. The summed E-state index contributed by atoms with van der Waals surface area (Å²) < 4.78 is 45.3. The van der Waals surface area contributed by atoms with Gasteiger partial charge in [0.2, 0.25) is 10.0 Å². The molecule has 0 saturated heterocycles. The van der Waals surface area contributed by atoms with Gasteiger partial charge in [0.15, 0.2) is 0 Å². The smallest absolute Gasteiger partial charge is 0.240 e. The summed E-state index contributed by atoms with van der Waals surface area (Å²) in [4.78, 5) is -0.182. The van der Waals surface area contributed by atoms with Crippen molar-refractivity contribution in [1.29, 1.82) is 0 Å². The fourth-order valence-electron chi connectivity index (χ4n) is 1.55. The topological polar surface area (TPSA) is 75.6 Å². The van der Waals surface area contributed by atoms with Crippen LogP contribution in [-0.4, -0.2) is 39.4 Å². The van der Waals surface area contributed by atoms with E-state index in [0.717, 1.165) is 6.07 Å². The fourth-order valence-corrected chi connectivity index (χ4v) is 2.68. The molecule has 2 N–H and O–H groups in total. The highest BCUT2D eigenvalue weighted by molar-refractivity contribution is 7.89. The van der Waals surface area contributed by atoms with Crippen LogP contribution in [0.4, 0.5) is 4.39 Å². The highest BCUT2D eigenvalue weighted by atomic mass is 32.2. The second kappa shape index (κ2) is 8.10. The molecule has 1 aromatic carbocycles. The van der Waals surface area contributed by atoms with E-state index in [1.54, 1.807) is 6.92 Å². The van der Waals surface area contributed by atoms with Crippen LogP contribution >= 0.6 is 0 Å². The Morgan fingerprint density at radius 1 is 1.48 bits per heavy atom. The standard InChI is InChI=1S/C14H18FNO4S/c1-3-20-11(2)10-16-21(18,19)13-7-6-12(5-4-8-17)14(15)9-13/h6-7,9,11,16-17H,3,8,10H2,1-2H3. The van der Waals surface area contributed by atoms with Gasteiger partial charge in [-0.3, -0.25) is 0 Å². The van der Waals surface area contributed by atoms with E-state index in [-0.39, 0.29) is 23.1 Å². The van der Waals surface area contributed by atoms with Crippen molar-refractivity contribution in [3.05, 3.63) is 29.6 Å². The SMILES string of the molecule is CCOC(C)CNS(=O)(=O)c1ccc(C#CCO)c(F)c1. The van der Waals surface area contributed by atoms with Crippen molar-refractivity contribution in [3.8, 4) is 11.8 Å². The maximum atomic E-state index is 13.7. The number of hydrogen-bond acceptors (Lipinski definition) is 4. The summed E-state index contributed by atoms with van der Waals surface area (Å²) in [5.41, 5.74) is 0.0330. The molecule has 1 atom stereocenters. The molecule has 0 heterocycles. The fraction of sp³-hybridized carbons (Fsp3) is 0.429. The Morgan fingerprint density at radius 3 is 2.76 bits per heavy atom. The van der Waals surface area contributed by atoms with Crippen molar-refractivity contribution in [2.45, 2.75) is 24.8 Å². The molecule has 21 heavy (non-hydrogen) atoms. The van der Waals surface area contributed by atoms with Gasteiger partial charge in [0.05, 0.1) is 16.6 Å². The van der Waals surface area contributed by atoms with Gasteiger partial charge < -0.3 is 9.84 Å². The zero-order chi connectivity index (χ0) is 15.9. The molecule has 0 aliphatic heterocycles. The molecular formula is C14H18FNO4S. The Labute approximate surface area is 124 Å². The van der Waals surface area contributed by atoms with Crippen LogP contribution in [-0.2, 0) is 14.8 Å². The van der Waals surface area contributed by atoms with Gasteiger partial charge in [-0.25, -0.2) is 17.5 Å². The maximum absolute atomic E-state index is 13.7. The van der Waals surface area contributed by atoms with E-state index in [4.69, 9.17) is 9.84 Å². The van der Waals surface area contributed by atoms with Crippen LogP contribution in [0.25, 0.3) is 0 Å². The van der Waals surface area contributed by atoms with Gasteiger partial charge in [0.1, 0.15) is 12.4 Å². The molecule has 1 aromatic rings. The minimum absolute atomic E-state index is 0.0330. The van der Waals surface area contributed by atoms with E-state index < -0.39 is 22.4 Å². The number of rotatable bonds is 6. The second-order valence-corrected chi connectivity index (χ2v) is 5.99. The van der Waals surface area contributed by atoms with Gasteiger partial charge in [-0.1, -0.05) is 11.8 Å². The molecule has 0 saturated carbocycles. The maximum Gasteiger partial charge on any atom is 0.240 e. The zero-order valence-electron chi connectivity index (χ0n) is 11.9. The molecule has 5 nitrogen and oxygen atoms in total. The Balaban J connectivity index is 2.87. The first-order valence-corrected chi connectivity index (χ1v) is 7.89. The summed E-state index contributed by atoms with van der Waals surface area (Å²) >= 11 is 0. The Morgan fingerprint density at radius 2 is 2.19 bits per heavy atom. The number of nitrogens with one attached hydrogen (secondary N) is 1. The van der Waals surface area contributed by atoms with E-state index >= 15 is 0 Å². The van der Waals surface area contributed by atoms with E-state index in [9.17, 15) is 12.8 Å². The number of benzene rings is 1. The van der Waals surface area contributed by atoms with Gasteiger partial charge in [-0.15, -0.1) is 0 Å². The van der Waals surface area contributed by atoms with E-state index in [1.807, 2.05) is 6.92 Å². The molecule has 0 radical (unpaired) electrons. The van der Waals surface area contributed by atoms with Gasteiger partial charge in [-0.2, -0.15) is 0 Å². The van der Waals surface area contributed by atoms with Gasteiger partial charge >= 0.3 is 0 Å². The van der Waals surface area contributed by atoms with Crippen LogP contribution in [0, 0.1) is 17.7 Å². The van der Waals surface area contributed by atoms with Gasteiger partial charge in [0, 0.05) is 13.2 Å². The molecule has 1 unspecified atom stereocenters. The van der Waals surface area contributed by atoms with Crippen molar-refractivity contribution in [2.75, 3.05) is 19.8 Å². The molecule has 0 aromatic heterocycles. The number of hydrogen-bond donors (Lipinski definition) is 2. The highest BCUT2D eigenvalue weighted by Crippen LogP contribution is 2.14. The predicted molar refractivity (Wildman–Crippen MR) is 76.6 cm³/mol. The van der Waals surface area contributed by atoms with Gasteiger partial charge in [0.25, 0.3) is 0 Å². The Bertz CT molecular complexity index is 634. The monoisotopic (exact) mass is 315 g/mol. The first kappa shape index (κ1) is 17.6. The Kier molecular flexibility index (Phi) is 6.78. The highest BCUT2D eigenvalue weighted by Gasteiger charge is 2.17. The molecule has 0 aliphatic carbocycles. The first-order valence-electron chi connectivity index (χ1n) is 6.41. The van der Waals surface area contributed by atoms with Crippen LogP contribution in [0.15, 0.2) is 23.1 Å². The number of sulfonamides is 1. The molecule has 0 bridgehead atoms. The summed E-state index contributed by atoms with van der Waals surface area (Å²) in [5, 5.41) is 8.55. The van der Waals surface area contributed by atoms with E-state index in [2.05, 4.69) is 16.6 Å². The van der Waals surface area contributed by atoms with Crippen LogP contribution in [0.3, 0.4) is 0 Å². The second-order valence-electron chi connectivity index (χ2n) is 4.22. The molecule has 0 fully saturated rings. The van der Waals surface area contributed by atoms with Crippen molar-refractivity contribution in [1.82, 2.24) is 4.72 Å². The number of ether oxygens (including phenoxy) is 1. The zero-order valence-corrected chi connectivity index (χ0v) is 12.7. The lowest BCUT2D eigenvalue weighted by Crippen LogP contribution is -2.32. The molecule has 1 rings (SSSR count). The Hall–Kier alpha value is -1.46. The average Bonchev–Trinajstić information content (AvgIpc) is 2.44. The van der Waals surface area contributed by atoms with Crippen molar-refractivity contribution in [2.24, 2.45) is 0 Å². The van der Waals surface area contributed by atoms with E-state index in [0.29, 0.717) is 6.61 Å². The molecular weight excluding hydrogens is 297 g/mol. The van der Waals surface area contributed by atoms with Gasteiger partial charge in [-0.05, 0) is 32.0 Å². The third kappa shape index (κ3) is 5.44. The van der Waals surface area contributed by atoms with Crippen molar-refractivity contribution < 1.29 is 22.7 Å². The minimum Gasteiger partial charge on any atom is -0.384 e. The van der Waals surface area contributed by atoms with Crippen molar-refractivity contribution in [3.63, 3.8) is 0 Å². The summed E-state index contributed by atoms with van der Waals surface area (Å²) in [7, 11) is -3.80. The third-order valence-electron chi connectivity index (χ3n) is 2.56. The number of halogens is 1. The average molecular weight is 315 g/mol. The molecule has 0 amide bonds. The lowest BCUT2D eigenvalue weighted by atomic mass is 10.2. The molecule has 7 heteroatoms. The molecule has 0 aliphatic rings. The minimum atomic E-state index is -3.80. The van der Waals surface area contributed by atoms with Crippen molar-refractivity contribution >= 4 is 10.0 Å². The third-order valence-corrected chi connectivity index (χ3v) is 3.99. The quantitative estimate of drug-likeness (QED) is 0.764. The normalized spacial score (nSPS) is 12.6. The van der Waals surface area contributed by atoms with Crippen LogP contribution in [0.2, 0.25) is 0 Å². The van der Waals surface area contributed by atoms with Crippen LogP contribution in [0.5, 0.6) is 0 Å².